The van der Waals surface area contributed by atoms with Gasteiger partial charge in [0.15, 0.2) is 0 Å². The van der Waals surface area contributed by atoms with E-state index in [9.17, 15) is 0 Å². The molecule has 2 aromatic rings. The molecule has 15 heavy (non-hydrogen) atoms. The summed E-state index contributed by atoms with van der Waals surface area (Å²) in [6.07, 6.45) is 1.74. The Bertz CT molecular complexity index is 509. The second-order valence-electron chi connectivity index (χ2n) is 2.94. The Morgan fingerprint density at radius 2 is 1.73 bits per heavy atom. The number of aromatic nitrogens is 1. The average molecular weight is 258 g/mol. The first-order valence-corrected chi connectivity index (χ1v) is 5.33. The van der Waals surface area contributed by atoms with Gasteiger partial charge in [0.05, 0.1) is 0 Å². The normalized spacial score (nSPS) is 9.13. The molecule has 1 heterocycles. The first-order chi connectivity index (χ1) is 7.36. The number of hydrogen-bond acceptors (Lipinski definition) is 1. The van der Waals surface area contributed by atoms with E-state index in [1.54, 1.807) is 6.20 Å². The molecule has 0 saturated heterocycles. The van der Waals surface area contributed by atoms with Crippen molar-refractivity contribution in [2.24, 2.45) is 0 Å². The molecule has 0 radical (unpaired) electrons. The van der Waals surface area contributed by atoms with E-state index in [0.29, 0.717) is 0 Å². The highest BCUT2D eigenvalue weighted by atomic mass is 79.9. The monoisotopic (exact) mass is 257 g/mol. The van der Waals surface area contributed by atoms with E-state index in [2.05, 4.69) is 32.8 Å². The summed E-state index contributed by atoms with van der Waals surface area (Å²) in [5, 5.41) is 0. The van der Waals surface area contributed by atoms with Crippen molar-refractivity contribution in [1.29, 1.82) is 0 Å². The molecule has 0 aliphatic heterocycles. The minimum atomic E-state index is 0.785. The molecule has 0 aliphatic rings. The number of hydrogen-bond donors (Lipinski definition) is 0. The van der Waals surface area contributed by atoms with Gasteiger partial charge in [-0.3, -0.25) is 0 Å². The molecular weight excluding hydrogens is 250 g/mol. The number of rotatable bonds is 0. The van der Waals surface area contributed by atoms with Crippen molar-refractivity contribution in [3.63, 3.8) is 0 Å². The zero-order valence-corrected chi connectivity index (χ0v) is 9.53. The predicted molar refractivity (Wildman–Crippen MR) is 64.4 cm³/mol. The molecule has 1 aromatic heterocycles. The van der Waals surface area contributed by atoms with Crippen LogP contribution in [0.4, 0.5) is 0 Å². The van der Waals surface area contributed by atoms with Crippen molar-refractivity contribution in [2.45, 2.75) is 0 Å². The molecule has 0 saturated carbocycles. The highest BCUT2D eigenvalue weighted by Crippen LogP contribution is 2.14. The highest BCUT2D eigenvalue weighted by molar-refractivity contribution is 9.10. The molecule has 1 aromatic carbocycles. The molecule has 72 valence electrons. The molecule has 0 aliphatic carbocycles. The molecule has 0 fully saturated rings. The Morgan fingerprint density at radius 1 is 0.933 bits per heavy atom. The van der Waals surface area contributed by atoms with Gasteiger partial charge in [-0.15, -0.1) is 0 Å². The summed E-state index contributed by atoms with van der Waals surface area (Å²) < 4.78 is 1.01. The van der Waals surface area contributed by atoms with E-state index in [-0.39, 0.29) is 0 Å². The van der Waals surface area contributed by atoms with Crippen LogP contribution in [-0.2, 0) is 0 Å². The Balaban J connectivity index is 2.31. The summed E-state index contributed by atoms with van der Waals surface area (Å²) in [5.74, 6) is 6.08. The van der Waals surface area contributed by atoms with Gasteiger partial charge < -0.3 is 0 Å². The zero-order valence-electron chi connectivity index (χ0n) is 7.94. The predicted octanol–water partition coefficient (Wildman–Crippen LogP) is 3.24. The van der Waals surface area contributed by atoms with Crippen LogP contribution in [0.2, 0.25) is 0 Å². The molecule has 0 unspecified atom stereocenters. The van der Waals surface area contributed by atoms with Gasteiger partial charge >= 0.3 is 0 Å². The molecule has 0 atom stereocenters. The van der Waals surface area contributed by atoms with Gasteiger partial charge in [0.2, 0.25) is 0 Å². The average Bonchev–Trinajstić information content (AvgIpc) is 2.29. The van der Waals surface area contributed by atoms with Crippen molar-refractivity contribution in [2.75, 3.05) is 0 Å². The minimum absolute atomic E-state index is 0.785. The molecular formula is C13H8BrN. The summed E-state index contributed by atoms with van der Waals surface area (Å²) in [4.78, 5) is 4.13. The second kappa shape index (κ2) is 4.77. The van der Waals surface area contributed by atoms with Crippen LogP contribution in [0, 0.1) is 11.8 Å². The van der Waals surface area contributed by atoms with Crippen molar-refractivity contribution in [3.05, 3.63) is 64.4 Å². The number of nitrogens with zero attached hydrogens (tertiary/aromatic N) is 1. The van der Waals surface area contributed by atoms with E-state index in [1.165, 1.54) is 0 Å². The third-order valence-corrected chi connectivity index (χ3v) is 2.56. The van der Waals surface area contributed by atoms with E-state index in [0.717, 1.165) is 15.7 Å². The zero-order chi connectivity index (χ0) is 10.5. The molecule has 2 rings (SSSR count). The van der Waals surface area contributed by atoms with Crippen molar-refractivity contribution in [1.82, 2.24) is 4.98 Å². The lowest BCUT2D eigenvalue weighted by Gasteiger charge is -1.92. The van der Waals surface area contributed by atoms with E-state index < -0.39 is 0 Å². The van der Waals surface area contributed by atoms with Gasteiger partial charge in [-0.2, -0.15) is 0 Å². The minimum Gasteiger partial charge on any atom is -0.248 e. The molecule has 0 amide bonds. The molecule has 0 N–H and O–H groups in total. The summed E-state index contributed by atoms with van der Waals surface area (Å²) in [7, 11) is 0. The smallest absolute Gasteiger partial charge is 0.113 e. The molecule has 0 spiro atoms. The fourth-order valence-electron chi connectivity index (χ4n) is 1.13. The van der Waals surface area contributed by atoms with Gasteiger partial charge in [0.25, 0.3) is 0 Å². The van der Waals surface area contributed by atoms with Crippen molar-refractivity contribution >= 4 is 15.9 Å². The van der Waals surface area contributed by atoms with Crippen molar-refractivity contribution in [3.8, 4) is 11.8 Å². The Kier molecular flexibility index (Phi) is 3.16. The van der Waals surface area contributed by atoms with Crippen LogP contribution < -0.4 is 0 Å². The highest BCUT2D eigenvalue weighted by Gasteiger charge is 1.92. The maximum atomic E-state index is 4.13. The topological polar surface area (TPSA) is 12.9 Å². The fraction of sp³-hybridized carbons (Fsp3) is 0. The number of halogens is 1. The van der Waals surface area contributed by atoms with Gasteiger partial charge in [0, 0.05) is 16.2 Å². The largest absolute Gasteiger partial charge is 0.248 e. The van der Waals surface area contributed by atoms with E-state index >= 15 is 0 Å². The maximum absolute atomic E-state index is 4.13. The summed E-state index contributed by atoms with van der Waals surface area (Å²) >= 11 is 3.45. The first kappa shape index (κ1) is 9.95. The van der Waals surface area contributed by atoms with Crippen LogP contribution in [0.15, 0.2) is 53.1 Å². The number of benzene rings is 1. The Labute approximate surface area is 97.3 Å². The van der Waals surface area contributed by atoms with Crippen LogP contribution >= 0.6 is 15.9 Å². The SMILES string of the molecule is Brc1ccccc1C#Cc1ccccn1. The number of pyridine rings is 1. The van der Waals surface area contributed by atoms with E-state index in [4.69, 9.17) is 0 Å². The molecule has 2 heteroatoms. The van der Waals surface area contributed by atoms with E-state index in [1.807, 2.05) is 42.5 Å². The van der Waals surface area contributed by atoms with Gasteiger partial charge in [-0.05, 0) is 46.1 Å². The fourth-order valence-corrected chi connectivity index (χ4v) is 1.51. The summed E-state index contributed by atoms with van der Waals surface area (Å²) in [5.41, 5.74) is 1.76. The van der Waals surface area contributed by atoms with Gasteiger partial charge in [0.1, 0.15) is 5.69 Å². The molecule has 0 bridgehead atoms. The molecule has 1 nitrogen and oxygen atoms in total. The van der Waals surface area contributed by atoms with Crippen LogP contribution in [0.3, 0.4) is 0 Å². The summed E-state index contributed by atoms with van der Waals surface area (Å²) in [6.45, 7) is 0. The van der Waals surface area contributed by atoms with Crippen LogP contribution in [0.25, 0.3) is 0 Å². The Morgan fingerprint density at radius 3 is 2.47 bits per heavy atom. The van der Waals surface area contributed by atoms with Crippen LogP contribution in [-0.4, -0.2) is 4.98 Å². The lowest BCUT2D eigenvalue weighted by atomic mass is 10.2. The first-order valence-electron chi connectivity index (χ1n) is 4.54. The standard InChI is InChI=1S/C13H8BrN/c14-13-7-2-1-5-11(13)8-9-12-6-3-4-10-15-12/h1-7,10H. The van der Waals surface area contributed by atoms with Crippen LogP contribution in [0.5, 0.6) is 0 Å². The third kappa shape index (κ3) is 2.68. The quantitative estimate of drug-likeness (QED) is 0.661. The van der Waals surface area contributed by atoms with Gasteiger partial charge in [-0.25, -0.2) is 4.98 Å². The van der Waals surface area contributed by atoms with Gasteiger partial charge in [-0.1, -0.05) is 24.1 Å². The second-order valence-corrected chi connectivity index (χ2v) is 3.80. The van der Waals surface area contributed by atoms with Crippen LogP contribution in [0.1, 0.15) is 11.3 Å². The lowest BCUT2D eigenvalue weighted by Crippen LogP contribution is -1.80. The Hall–Kier alpha value is -1.59. The third-order valence-electron chi connectivity index (χ3n) is 1.86. The van der Waals surface area contributed by atoms with Crippen molar-refractivity contribution < 1.29 is 0 Å². The maximum Gasteiger partial charge on any atom is 0.113 e. The summed E-state index contributed by atoms with van der Waals surface area (Å²) in [6, 6.07) is 13.6. The lowest BCUT2D eigenvalue weighted by molar-refractivity contribution is 1.29.